The number of nitrogens with one attached hydrogen (secondary N) is 2. The molecule has 0 fully saturated rings. The zero-order chi connectivity index (χ0) is 16.9. The van der Waals surface area contributed by atoms with Crippen molar-refractivity contribution in [2.75, 3.05) is 12.4 Å². The molecule has 24 heavy (non-hydrogen) atoms. The van der Waals surface area contributed by atoms with E-state index in [9.17, 15) is 10.1 Å². The van der Waals surface area contributed by atoms with E-state index in [1.165, 1.54) is 19.5 Å². The molecule has 0 radical (unpaired) electrons. The molecule has 0 aliphatic heterocycles. The van der Waals surface area contributed by atoms with Gasteiger partial charge in [-0.2, -0.15) is 5.10 Å². The molecule has 0 bridgehead atoms. The Morgan fingerprint density at radius 3 is 2.88 bits per heavy atom. The van der Waals surface area contributed by atoms with Gasteiger partial charge in [-0.3, -0.25) is 15.2 Å². The lowest BCUT2D eigenvalue weighted by Gasteiger charge is -2.09. The summed E-state index contributed by atoms with van der Waals surface area (Å²) in [6.45, 7) is 0.449. The Balaban J connectivity index is 1.75. The summed E-state index contributed by atoms with van der Waals surface area (Å²) in [5, 5.41) is 21.0. The van der Waals surface area contributed by atoms with E-state index < -0.39 is 4.92 Å². The molecule has 2 aromatic carbocycles. The van der Waals surface area contributed by atoms with E-state index in [4.69, 9.17) is 4.74 Å². The Morgan fingerprint density at radius 1 is 1.29 bits per heavy atom. The number of aromatic nitrogens is 3. The Morgan fingerprint density at radius 2 is 2.17 bits per heavy atom. The smallest absolute Gasteiger partial charge is 0.311 e. The number of hydrogen-bond acceptors (Lipinski definition) is 6. The van der Waals surface area contributed by atoms with Crippen molar-refractivity contribution in [2.24, 2.45) is 0 Å². The number of methoxy groups -OCH3 is 1. The molecule has 3 aromatic rings. The molecule has 0 aliphatic carbocycles. The van der Waals surface area contributed by atoms with Crippen molar-refractivity contribution in [1.82, 2.24) is 15.2 Å². The number of aromatic amines is 1. The van der Waals surface area contributed by atoms with Crippen molar-refractivity contribution in [3.05, 3.63) is 64.5 Å². The molecule has 8 heteroatoms. The molecular formula is C16H15N5O3. The molecule has 2 N–H and O–H groups in total. The van der Waals surface area contributed by atoms with Crippen LogP contribution in [0.1, 0.15) is 5.56 Å². The molecular weight excluding hydrogens is 310 g/mol. The highest BCUT2D eigenvalue weighted by molar-refractivity contribution is 5.62. The second-order valence-electron chi connectivity index (χ2n) is 5.03. The molecule has 0 saturated carbocycles. The third-order valence-electron chi connectivity index (χ3n) is 3.49. The summed E-state index contributed by atoms with van der Waals surface area (Å²) in [6, 6.07) is 12.6. The van der Waals surface area contributed by atoms with Gasteiger partial charge in [0.25, 0.3) is 0 Å². The minimum absolute atomic E-state index is 0.0489. The maximum atomic E-state index is 11.1. The van der Waals surface area contributed by atoms with Crippen LogP contribution in [0.5, 0.6) is 5.75 Å². The number of nitro benzene ring substituents is 1. The molecule has 1 heterocycles. The van der Waals surface area contributed by atoms with Gasteiger partial charge >= 0.3 is 5.69 Å². The second kappa shape index (κ2) is 6.78. The lowest BCUT2D eigenvalue weighted by atomic mass is 10.1. The van der Waals surface area contributed by atoms with Crippen LogP contribution in [0.3, 0.4) is 0 Å². The summed E-state index contributed by atoms with van der Waals surface area (Å²) >= 11 is 0. The Labute approximate surface area is 137 Å². The molecule has 8 nitrogen and oxygen atoms in total. The summed E-state index contributed by atoms with van der Waals surface area (Å²) in [7, 11) is 1.41. The average Bonchev–Trinajstić information content (AvgIpc) is 3.14. The summed E-state index contributed by atoms with van der Waals surface area (Å²) in [4.78, 5) is 14.7. The quantitative estimate of drug-likeness (QED) is 0.533. The predicted molar refractivity (Wildman–Crippen MR) is 88.8 cm³/mol. The fourth-order valence-corrected chi connectivity index (χ4v) is 2.31. The average molecular weight is 325 g/mol. The third kappa shape index (κ3) is 3.32. The van der Waals surface area contributed by atoms with Gasteiger partial charge < -0.3 is 10.1 Å². The Hall–Kier alpha value is -3.42. The monoisotopic (exact) mass is 325 g/mol. The number of ether oxygens (including phenoxy) is 1. The van der Waals surface area contributed by atoms with Crippen molar-refractivity contribution >= 4 is 11.4 Å². The molecule has 0 amide bonds. The normalized spacial score (nSPS) is 10.4. The van der Waals surface area contributed by atoms with Crippen LogP contribution in [0.15, 0.2) is 48.8 Å². The van der Waals surface area contributed by atoms with E-state index in [1.54, 1.807) is 12.1 Å². The highest BCUT2D eigenvalue weighted by Gasteiger charge is 2.15. The minimum atomic E-state index is -0.452. The molecule has 0 spiro atoms. The lowest BCUT2D eigenvalue weighted by molar-refractivity contribution is -0.385. The first kappa shape index (κ1) is 15.5. The summed E-state index contributed by atoms with van der Waals surface area (Å²) < 4.78 is 5.00. The molecule has 1 aromatic heterocycles. The minimum Gasteiger partial charge on any atom is -0.490 e. The fraction of sp³-hybridized carbons (Fsp3) is 0.125. The summed E-state index contributed by atoms with van der Waals surface area (Å²) in [5.74, 6) is 0.926. The van der Waals surface area contributed by atoms with Gasteiger partial charge in [0.05, 0.1) is 12.0 Å². The first-order valence-electron chi connectivity index (χ1n) is 7.18. The van der Waals surface area contributed by atoms with E-state index in [0.29, 0.717) is 12.4 Å². The summed E-state index contributed by atoms with van der Waals surface area (Å²) in [6.07, 6.45) is 1.45. The number of benzene rings is 2. The SMILES string of the molecule is COc1ccc(CNc2cccc(-c3ncn[nH]3)c2)cc1[N+](=O)[O-]. The van der Waals surface area contributed by atoms with Gasteiger partial charge in [0.2, 0.25) is 0 Å². The van der Waals surface area contributed by atoms with Crippen LogP contribution in [0.25, 0.3) is 11.4 Å². The summed E-state index contributed by atoms with van der Waals surface area (Å²) in [5.41, 5.74) is 2.51. The molecule has 3 rings (SSSR count). The van der Waals surface area contributed by atoms with Gasteiger partial charge in [-0.1, -0.05) is 18.2 Å². The van der Waals surface area contributed by atoms with Crippen molar-refractivity contribution in [1.29, 1.82) is 0 Å². The van der Waals surface area contributed by atoms with Crippen LogP contribution in [0.2, 0.25) is 0 Å². The first-order valence-corrected chi connectivity index (χ1v) is 7.18. The second-order valence-corrected chi connectivity index (χ2v) is 5.03. The molecule has 122 valence electrons. The van der Waals surface area contributed by atoms with Crippen LogP contribution >= 0.6 is 0 Å². The maximum absolute atomic E-state index is 11.1. The Bertz CT molecular complexity index is 849. The van der Waals surface area contributed by atoms with E-state index in [2.05, 4.69) is 20.5 Å². The number of nitro groups is 1. The maximum Gasteiger partial charge on any atom is 0.311 e. The Kier molecular flexibility index (Phi) is 4.37. The molecule has 0 atom stereocenters. The van der Waals surface area contributed by atoms with E-state index in [1.807, 2.05) is 24.3 Å². The standard InChI is InChI=1S/C16H15N5O3/c1-24-15-6-5-11(7-14(15)21(22)23)9-17-13-4-2-3-12(8-13)16-18-10-19-20-16/h2-8,10,17H,9H2,1H3,(H,18,19,20). The van der Waals surface area contributed by atoms with Gasteiger partial charge in [0.1, 0.15) is 6.33 Å². The van der Waals surface area contributed by atoms with Crippen molar-refractivity contribution in [3.63, 3.8) is 0 Å². The number of rotatable bonds is 6. The van der Waals surface area contributed by atoms with Crippen LogP contribution in [-0.2, 0) is 6.54 Å². The topological polar surface area (TPSA) is 106 Å². The number of anilines is 1. The van der Waals surface area contributed by atoms with Crippen LogP contribution in [-0.4, -0.2) is 27.2 Å². The van der Waals surface area contributed by atoms with E-state index >= 15 is 0 Å². The highest BCUT2D eigenvalue weighted by Crippen LogP contribution is 2.28. The first-order chi connectivity index (χ1) is 11.7. The van der Waals surface area contributed by atoms with Crippen molar-refractivity contribution in [2.45, 2.75) is 6.54 Å². The van der Waals surface area contributed by atoms with Gasteiger partial charge in [-0.15, -0.1) is 0 Å². The fourth-order valence-electron chi connectivity index (χ4n) is 2.31. The number of H-pyrrole nitrogens is 1. The largest absolute Gasteiger partial charge is 0.490 e. The molecule has 0 saturated heterocycles. The molecule has 0 aliphatic rings. The zero-order valence-corrected chi connectivity index (χ0v) is 12.9. The zero-order valence-electron chi connectivity index (χ0n) is 12.9. The number of hydrogen-bond donors (Lipinski definition) is 2. The van der Waals surface area contributed by atoms with Crippen molar-refractivity contribution in [3.8, 4) is 17.1 Å². The third-order valence-corrected chi connectivity index (χ3v) is 3.49. The van der Waals surface area contributed by atoms with Crippen molar-refractivity contribution < 1.29 is 9.66 Å². The molecule has 0 unspecified atom stereocenters. The van der Waals surface area contributed by atoms with Gasteiger partial charge in [-0.05, 0) is 23.8 Å². The van der Waals surface area contributed by atoms with Crippen LogP contribution < -0.4 is 10.1 Å². The van der Waals surface area contributed by atoms with Crippen LogP contribution in [0, 0.1) is 10.1 Å². The predicted octanol–water partition coefficient (Wildman–Crippen LogP) is 3.00. The van der Waals surface area contributed by atoms with Gasteiger partial charge in [0.15, 0.2) is 11.6 Å². The lowest BCUT2D eigenvalue weighted by Crippen LogP contribution is -2.01. The number of nitrogens with zero attached hydrogens (tertiary/aromatic N) is 3. The van der Waals surface area contributed by atoms with Gasteiger partial charge in [0, 0.05) is 23.9 Å². The van der Waals surface area contributed by atoms with E-state index in [-0.39, 0.29) is 11.4 Å². The highest BCUT2D eigenvalue weighted by atomic mass is 16.6. The van der Waals surface area contributed by atoms with Crippen LogP contribution in [0.4, 0.5) is 11.4 Å². The van der Waals surface area contributed by atoms with Gasteiger partial charge in [-0.25, -0.2) is 4.98 Å². The van der Waals surface area contributed by atoms with E-state index in [0.717, 1.165) is 16.8 Å².